The number of nitrogens with zero attached hydrogens (tertiary/aromatic N) is 2. The number of anilines is 1. The van der Waals surface area contributed by atoms with Gasteiger partial charge in [0, 0.05) is 31.2 Å². The van der Waals surface area contributed by atoms with Crippen molar-refractivity contribution in [2.75, 3.05) is 11.4 Å². The number of para-hydroxylation sites is 1. The highest BCUT2D eigenvalue weighted by Gasteiger charge is 2.38. The van der Waals surface area contributed by atoms with Crippen LogP contribution in [0.2, 0.25) is 0 Å². The molecule has 146 valence electrons. The molecule has 1 aromatic heterocycles. The standard InChI is InChI=1S/C24H23N3O2/c28-23(26-17-19-9-6-13-25-16-19)21-12-14-27(24(21)29)22-11-5-4-10-20(22)15-18-7-2-1-3-8-18/h1-11,13,16,21H,12,14-15,17H2,(H,26,28). The van der Waals surface area contributed by atoms with E-state index < -0.39 is 5.92 Å². The summed E-state index contributed by atoms with van der Waals surface area (Å²) in [5.74, 6) is -0.993. The highest BCUT2D eigenvalue weighted by molar-refractivity contribution is 6.09. The summed E-state index contributed by atoms with van der Waals surface area (Å²) in [6, 6.07) is 21.8. The van der Waals surface area contributed by atoms with Crippen molar-refractivity contribution in [3.8, 4) is 0 Å². The van der Waals surface area contributed by atoms with Gasteiger partial charge in [-0.25, -0.2) is 0 Å². The van der Waals surface area contributed by atoms with Gasteiger partial charge in [0.2, 0.25) is 11.8 Å². The van der Waals surface area contributed by atoms with Crippen molar-refractivity contribution >= 4 is 17.5 Å². The van der Waals surface area contributed by atoms with Crippen molar-refractivity contribution in [3.63, 3.8) is 0 Å². The third-order valence-corrected chi connectivity index (χ3v) is 5.23. The molecule has 1 aliphatic heterocycles. The minimum absolute atomic E-state index is 0.130. The molecule has 0 spiro atoms. The maximum atomic E-state index is 13.0. The van der Waals surface area contributed by atoms with Crippen LogP contribution in [0.25, 0.3) is 0 Å². The smallest absolute Gasteiger partial charge is 0.239 e. The predicted molar refractivity (Wildman–Crippen MR) is 112 cm³/mol. The summed E-state index contributed by atoms with van der Waals surface area (Å²) in [7, 11) is 0. The number of benzene rings is 2. The molecule has 2 amide bonds. The molecule has 1 unspecified atom stereocenters. The highest BCUT2D eigenvalue weighted by atomic mass is 16.2. The Hall–Kier alpha value is -3.47. The molecule has 4 rings (SSSR count). The summed E-state index contributed by atoms with van der Waals surface area (Å²) in [6.07, 6.45) is 4.68. The van der Waals surface area contributed by atoms with Gasteiger partial charge in [-0.3, -0.25) is 14.6 Å². The summed E-state index contributed by atoms with van der Waals surface area (Å²) in [5, 5.41) is 2.87. The maximum Gasteiger partial charge on any atom is 0.239 e. The SMILES string of the molecule is O=C(NCc1cccnc1)C1CCN(c2ccccc2Cc2ccccc2)C1=O. The second-order valence-electron chi connectivity index (χ2n) is 7.20. The topological polar surface area (TPSA) is 62.3 Å². The first-order chi connectivity index (χ1) is 14.2. The molecule has 1 atom stereocenters. The fourth-order valence-corrected chi connectivity index (χ4v) is 3.72. The number of carbonyl (C=O) groups is 2. The van der Waals surface area contributed by atoms with Gasteiger partial charge < -0.3 is 10.2 Å². The number of nitrogens with one attached hydrogen (secondary N) is 1. The van der Waals surface area contributed by atoms with E-state index in [-0.39, 0.29) is 11.8 Å². The lowest BCUT2D eigenvalue weighted by molar-refractivity contribution is -0.132. The van der Waals surface area contributed by atoms with E-state index in [1.165, 1.54) is 5.56 Å². The highest BCUT2D eigenvalue weighted by Crippen LogP contribution is 2.29. The van der Waals surface area contributed by atoms with Crippen LogP contribution in [0.15, 0.2) is 79.1 Å². The van der Waals surface area contributed by atoms with Gasteiger partial charge in [0.25, 0.3) is 0 Å². The van der Waals surface area contributed by atoms with Crippen LogP contribution in [0.5, 0.6) is 0 Å². The number of hydrogen-bond acceptors (Lipinski definition) is 3. The first-order valence-electron chi connectivity index (χ1n) is 9.82. The average Bonchev–Trinajstić information content (AvgIpc) is 3.15. The van der Waals surface area contributed by atoms with Crippen LogP contribution in [-0.4, -0.2) is 23.3 Å². The van der Waals surface area contributed by atoms with Crippen molar-refractivity contribution in [1.82, 2.24) is 10.3 Å². The Morgan fingerprint density at radius 3 is 2.55 bits per heavy atom. The second kappa shape index (κ2) is 8.69. The molecule has 3 aromatic rings. The second-order valence-corrected chi connectivity index (χ2v) is 7.20. The number of pyridine rings is 1. The van der Waals surface area contributed by atoms with E-state index in [9.17, 15) is 9.59 Å². The van der Waals surface area contributed by atoms with Crippen LogP contribution in [0.1, 0.15) is 23.1 Å². The van der Waals surface area contributed by atoms with Gasteiger partial charge >= 0.3 is 0 Å². The fourth-order valence-electron chi connectivity index (χ4n) is 3.72. The molecule has 2 heterocycles. The molecule has 29 heavy (non-hydrogen) atoms. The number of carbonyl (C=O) groups excluding carboxylic acids is 2. The minimum Gasteiger partial charge on any atom is -0.351 e. The molecule has 0 bridgehead atoms. The summed E-state index contributed by atoms with van der Waals surface area (Å²) in [4.78, 5) is 31.4. The van der Waals surface area contributed by atoms with E-state index in [2.05, 4.69) is 22.4 Å². The average molecular weight is 385 g/mol. The van der Waals surface area contributed by atoms with Gasteiger partial charge in [-0.05, 0) is 41.7 Å². The quantitative estimate of drug-likeness (QED) is 0.662. The summed E-state index contributed by atoms with van der Waals surface area (Å²) < 4.78 is 0. The zero-order chi connectivity index (χ0) is 20.1. The summed E-state index contributed by atoms with van der Waals surface area (Å²) in [6.45, 7) is 0.927. The maximum absolute atomic E-state index is 13.0. The molecular weight excluding hydrogens is 362 g/mol. The monoisotopic (exact) mass is 385 g/mol. The molecule has 5 heteroatoms. The summed E-state index contributed by atoms with van der Waals surface area (Å²) >= 11 is 0. The molecule has 0 saturated carbocycles. The van der Waals surface area contributed by atoms with Crippen LogP contribution < -0.4 is 10.2 Å². The lowest BCUT2D eigenvalue weighted by Gasteiger charge is -2.20. The van der Waals surface area contributed by atoms with E-state index in [0.717, 1.165) is 23.2 Å². The minimum atomic E-state index is -0.642. The van der Waals surface area contributed by atoms with E-state index in [1.54, 1.807) is 17.3 Å². The van der Waals surface area contributed by atoms with E-state index in [4.69, 9.17) is 0 Å². The molecule has 5 nitrogen and oxygen atoms in total. The number of hydrogen-bond donors (Lipinski definition) is 1. The Bertz CT molecular complexity index is 989. The molecule has 1 fully saturated rings. The van der Waals surface area contributed by atoms with Crippen LogP contribution in [-0.2, 0) is 22.6 Å². The van der Waals surface area contributed by atoms with Gasteiger partial charge in [-0.15, -0.1) is 0 Å². The molecule has 0 radical (unpaired) electrons. The normalized spacial score (nSPS) is 16.1. The molecule has 0 aliphatic carbocycles. The molecule has 2 aromatic carbocycles. The first kappa shape index (κ1) is 18.9. The van der Waals surface area contributed by atoms with Gasteiger partial charge in [-0.2, -0.15) is 0 Å². The third-order valence-electron chi connectivity index (χ3n) is 5.23. The Balaban J connectivity index is 1.46. The van der Waals surface area contributed by atoms with Crippen LogP contribution in [0, 0.1) is 5.92 Å². The van der Waals surface area contributed by atoms with Crippen LogP contribution in [0.3, 0.4) is 0 Å². The van der Waals surface area contributed by atoms with Crippen molar-refractivity contribution < 1.29 is 9.59 Å². The van der Waals surface area contributed by atoms with Gasteiger partial charge in [0.1, 0.15) is 5.92 Å². The van der Waals surface area contributed by atoms with E-state index >= 15 is 0 Å². The number of aromatic nitrogens is 1. The zero-order valence-corrected chi connectivity index (χ0v) is 16.1. The third kappa shape index (κ3) is 4.35. The summed E-state index contributed by atoms with van der Waals surface area (Å²) in [5.41, 5.74) is 4.08. The fraction of sp³-hybridized carbons (Fsp3) is 0.208. The lowest BCUT2D eigenvalue weighted by Crippen LogP contribution is -2.36. The number of amides is 2. The molecule has 1 aliphatic rings. The van der Waals surface area contributed by atoms with Crippen molar-refractivity contribution in [2.24, 2.45) is 5.92 Å². The van der Waals surface area contributed by atoms with Gasteiger partial charge in [0.15, 0.2) is 0 Å². The molecule has 1 saturated heterocycles. The van der Waals surface area contributed by atoms with Gasteiger partial charge in [0.05, 0.1) is 0 Å². The van der Waals surface area contributed by atoms with Crippen LogP contribution in [0.4, 0.5) is 5.69 Å². The zero-order valence-electron chi connectivity index (χ0n) is 16.1. The predicted octanol–water partition coefficient (Wildman–Crippen LogP) is 3.34. The van der Waals surface area contributed by atoms with Crippen molar-refractivity contribution in [1.29, 1.82) is 0 Å². The van der Waals surface area contributed by atoms with E-state index in [0.29, 0.717) is 19.5 Å². The Labute approximate surface area is 170 Å². The van der Waals surface area contributed by atoms with Crippen LogP contribution >= 0.6 is 0 Å². The van der Waals surface area contributed by atoms with Gasteiger partial charge in [-0.1, -0.05) is 54.6 Å². The Morgan fingerprint density at radius 2 is 1.76 bits per heavy atom. The van der Waals surface area contributed by atoms with Crippen molar-refractivity contribution in [2.45, 2.75) is 19.4 Å². The van der Waals surface area contributed by atoms with Crippen molar-refractivity contribution in [3.05, 3.63) is 95.8 Å². The molecule has 1 N–H and O–H groups in total. The Kier molecular flexibility index (Phi) is 5.66. The lowest BCUT2D eigenvalue weighted by atomic mass is 10.0. The Morgan fingerprint density at radius 1 is 1.00 bits per heavy atom. The largest absolute Gasteiger partial charge is 0.351 e. The molecular formula is C24H23N3O2. The number of rotatable bonds is 6. The first-order valence-corrected chi connectivity index (χ1v) is 9.82. The van der Waals surface area contributed by atoms with E-state index in [1.807, 2.05) is 54.6 Å².